The maximum atomic E-state index is 13.6. The van der Waals surface area contributed by atoms with Crippen LogP contribution >= 0.6 is 0 Å². The molecule has 3 N–H and O–H groups in total. The second-order valence-corrected chi connectivity index (χ2v) is 8.99. The normalized spacial score (nSPS) is 19.2. The molecule has 0 spiro atoms. The smallest absolute Gasteiger partial charge is 0.254 e. The molecule has 1 amide bonds. The number of allylic oxidation sites excluding steroid dienone is 3. The van der Waals surface area contributed by atoms with Crippen molar-refractivity contribution in [3.63, 3.8) is 0 Å². The highest BCUT2D eigenvalue weighted by molar-refractivity contribution is 6.09. The van der Waals surface area contributed by atoms with Crippen molar-refractivity contribution < 1.29 is 19.1 Å². The van der Waals surface area contributed by atoms with Gasteiger partial charge in [-0.25, -0.2) is 4.39 Å². The van der Waals surface area contributed by atoms with Gasteiger partial charge in [0.2, 0.25) is 0 Å². The molecule has 1 atom stereocenters. The third-order valence-electron chi connectivity index (χ3n) is 5.61. The van der Waals surface area contributed by atoms with Gasteiger partial charge in [-0.3, -0.25) is 14.6 Å². The van der Waals surface area contributed by atoms with E-state index in [4.69, 9.17) is 5.11 Å². The van der Waals surface area contributed by atoms with E-state index in [1.165, 1.54) is 12.1 Å². The molecule has 0 saturated heterocycles. The zero-order valence-corrected chi connectivity index (χ0v) is 19.4. The number of aliphatic hydroxyl groups is 1. The van der Waals surface area contributed by atoms with E-state index in [1.54, 1.807) is 31.5 Å². The number of nitrogens with zero attached hydrogens (tertiary/aromatic N) is 1. The van der Waals surface area contributed by atoms with E-state index in [9.17, 15) is 14.0 Å². The first-order chi connectivity index (χ1) is 15.7. The molecule has 0 radical (unpaired) electrons. The maximum Gasteiger partial charge on any atom is 0.254 e. The first kappa shape index (κ1) is 24.3. The number of aliphatic hydroxyl groups excluding tert-OH is 1. The van der Waals surface area contributed by atoms with Crippen LogP contribution in [0.1, 0.15) is 52.0 Å². The van der Waals surface area contributed by atoms with E-state index in [-0.39, 0.29) is 23.7 Å². The number of nitrogens with one attached hydrogen (secondary N) is 2. The number of carbonyl (C=O) groups is 2. The van der Waals surface area contributed by atoms with E-state index in [0.717, 1.165) is 17.7 Å². The van der Waals surface area contributed by atoms with Gasteiger partial charge in [-0.2, -0.15) is 0 Å². The number of hydrogen-bond donors (Lipinski definition) is 3. The Morgan fingerprint density at radius 1 is 1.24 bits per heavy atom. The maximum absolute atomic E-state index is 13.6. The van der Waals surface area contributed by atoms with Crippen LogP contribution in [0.4, 0.5) is 10.1 Å². The Hall–Kier alpha value is -3.32. The van der Waals surface area contributed by atoms with Gasteiger partial charge in [0.25, 0.3) is 5.91 Å². The van der Waals surface area contributed by atoms with Gasteiger partial charge < -0.3 is 15.7 Å². The Morgan fingerprint density at radius 3 is 2.55 bits per heavy atom. The molecule has 174 valence electrons. The lowest BCUT2D eigenvalue weighted by atomic mass is 9.68. The van der Waals surface area contributed by atoms with Crippen LogP contribution in [0, 0.1) is 11.2 Å². The Bertz CT molecular complexity index is 1110. The second-order valence-electron chi connectivity index (χ2n) is 8.99. The fraction of sp³-hybridized carbons (Fsp3) is 0.346. The average Bonchev–Trinajstić information content (AvgIpc) is 2.73. The van der Waals surface area contributed by atoms with Crippen molar-refractivity contribution >= 4 is 17.4 Å². The minimum absolute atomic E-state index is 0.0408. The fourth-order valence-electron chi connectivity index (χ4n) is 4.39. The van der Waals surface area contributed by atoms with Crippen molar-refractivity contribution in [2.75, 3.05) is 11.9 Å². The van der Waals surface area contributed by atoms with Crippen LogP contribution in [0.25, 0.3) is 0 Å². The van der Waals surface area contributed by atoms with Crippen LogP contribution in [0.3, 0.4) is 0 Å². The first-order valence-electron chi connectivity index (χ1n) is 11.0. The lowest BCUT2D eigenvalue weighted by molar-refractivity contribution is -0.118. The van der Waals surface area contributed by atoms with E-state index in [1.807, 2.05) is 19.1 Å². The highest BCUT2D eigenvalue weighted by Crippen LogP contribution is 2.46. The quantitative estimate of drug-likeness (QED) is 0.641. The number of rotatable bonds is 3. The number of pyridine rings is 1. The van der Waals surface area contributed by atoms with Gasteiger partial charge in [-0.15, -0.1) is 0 Å². The Labute approximate surface area is 193 Å². The minimum Gasteiger partial charge on any atom is -0.397 e. The van der Waals surface area contributed by atoms with Crippen molar-refractivity contribution in [3.8, 4) is 0 Å². The summed E-state index contributed by atoms with van der Waals surface area (Å²) >= 11 is 0. The Balaban J connectivity index is 0.000000968. The predicted molar refractivity (Wildman–Crippen MR) is 126 cm³/mol. The van der Waals surface area contributed by atoms with Crippen molar-refractivity contribution in [1.29, 1.82) is 0 Å². The molecule has 1 aliphatic carbocycles. The summed E-state index contributed by atoms with van der Waals surface area (Å²) in [6.45, 7) is 7.91. The number of amides is 1. The molecule has 2 aliphatic rings. The number of benzene rings is 1. The van der Waals surface area contributed by atoms with Gasteiger partial charge in [0.05, 0.1) is 0 Å². The van der Waals surface area contributed by atoms with E-state index in [2.05, 4.69) is 29.5 Å². The van der Waals surface area contributed by atoms with Gasteiger partial charge in [0.15, 0.2) is 5.78 Å². The van der Waals surface area contributed by atoms with E-state index in [0.29, 0.717) is 29.0 Å². The van der Waals surface area contributed by atoms with Crippen LogP contribution in [-0.2, 0) is 9.59 Å². The highest BCUT2D eigenvalue weighted by Gasteiger charge is 2.42. The fourth-order valence-corrected chi connectivity index (χ4v) is 4.39. The van der Waals surface area contributed by atoms with Crippen LogP contribution in [0.15, 0.2) is 71.3 Å². The molecule has 1 aliphatic heterocycles. The number of anilines is 1. The summed E-state index contributed by atoms with van der Waals surface area (Å²) in [5.41, 5.74) is 3.70. The van der Waals surface area contributed by atoms with Crippen LogP contribution in [0.5, 0.6) is 0 Å². The van der Waals surface area contributed by atoms with Crippen molar-refractivity contribution in [3.05, 3.63) is 82.7 Å². The molecule has 2 heterocycles. The minimum atomic E-state index is -0.499. The van der Waals surface area contributed by atoms with Gasteiger partial charge in [0.1, 0.15) is 5.82 Å². The molecular formula is C26H30FN3O3. The van der Waals surface area contributed by atoms with Gasteiger partial charge >= 0.3 is 0 Å². The molecule has 0 bridgehead atoms. The zero-order valence-electron chi connectivity index (χ0n) is 19.4. The van der Waals surface area contributed by atoms with Crippen LogP contribution < -0.4 is 10.6 Å². The summed E-state index contributed by atoms with van der Waals surface area (Å²) in [5, 5.41) is 13.7. The summed E-state index contributed by atoms with van der Waals surface area (Å²) in [4.78, 5) is 30.6. The molecule has 1 aromatic carbocycles. The molecule has 6 nitrogen and oxygen atoms in total. The Kier molecular flexibility index (Phi) is 7.43. The number of aromatic nitrogens is 1. The number of ketones is 1. The first-order valence-corrected chi connectivity index (χ1v) is 11.0. The van der Waals surface area contributed by atoms with Gasteiger partial charge in [-0.1, -0.05) is 19.9 Å². The third-order valence-corrected chi connectivity index (χ3v) is 5.61. The second kappa shape index (κ2) is 10.1. The molecule has 1 unspecified atom stereocenters. The molecular weight excluding hydrogens is 421 g/mol. The number of dihydropyridines is 1. The topological polar surface area (TPSA) is 91.3 Å². The number of halogens is 1. The van der Waals surface area contributed by atoms with E-state index >= 15 is 0 Å². The monoisotopic (exact) mass is 451 g/mol. The van der Waals surface area contributed by atoms with Crippen LogP contribution in [-0.4, -0.2) is 28.4 Å². The highest BCUT2D eigenvalue weighted by atomic mass is 19.1. The van der Waals surface area contributed by atoms with Crippen molar-refractivity contribution in [2.45, 2.75) is 46.5 Å². The molecule has 4 rings (SSSR count). The van der Waals surface area contributed by atoms with Gasteiger partial charge in [-0.05, 0) is 61.6 Å². The molecule has 0 saturated carbocycles. The summed E-state index contributed by atoms with van der Waals surface area (Å²) in [6.07, 6.45) is 4.47. The molecule has 0 fully saturated rings. The molecule has 1 aromatic heterocycles. The predicted octanol–water partition coefficient (Wildman–Crippen LogP) is 4.46. The molecule has 7 heteroatoms. The largest absolute Gasteiger partial charge is 0.397 e. The zero-order chi connectivity index (χ0) is 24.2. The molecule has 33 heavy (non-hydrogen) atoms. The summed E-state index contributed by atoms with van der Waals surface area (Å²) in [7, 11) is 0. The lowest BCUT2D eigenvalue weighted by Gasteiger charge is -2.39. The lowest BCUT2D eigenvalue weighted by Crippen LogP contribution is -2.39. The number of Topliss-reactive ketones (excluding diaryl/α,β-unsaturated/α-hetero) is 1. The average molecular weight is 452 g/mol. The third kappa shape index (κ3) is 5.54. The van der Waals surface area contributed by atoms with Crippen molar-refractivity contribution in [2.24, 2.45) is 5.41 Å². The summed E-state index contributed by atoms with van der Waals surface area (Å²) in [6, 6.07) is 9.42. The Morgan fingerprint density at radius 2 is 1.91 bits per heavy atom. The number of carbonyl (C=O) groups excluding carboxylic acids is 2. The SMILES string of the molecule is CC1=C(C(=O)Nc2cccc(F)c2)C(c2ccncc2)C2=C(CC(C)(C)CC2=O)N1.CCO. The van der Waals surface area contributed by atoms with Crippen molar-refractivity contribution in [1.82, 2.24) is 10.3 Å². The summed E-state index contributed by atoms with van der Waals surface area (Å²) < 4.78 is 13.6. The molecule has 2 aromatic rings. The number of hydrogen-bond acceptors (Lipinski definition) is 5. The standard InChI is InChI=1S/C24H24FN3O2.C2H6O/c1-14-20(23(30)28-17-6-4-5-16(25)11-17)21(15-7-9-26-10-8-15)22-18(27-14)12-24(2,3)13-19(22)29;1-2-3/h4-11,21,27H,12-13H2,1-3H3,(H,28,30);3H,2H2,1H3. The van der Waals surface area contributed by atoms with Crippen LogP contribution in [0.2, 0.25) is 0 Å². The van der Waals surface area contributed by atoms with Gasteiger partial charge in [0, 0.05) is 59.6 Å². The summed E-state index contributed by atoms with van der Waals surface area (Å²) in [5.74, 6) is -1.25. The van der Waals surface area contributed by atoms with E-state index < -0.39 is 11.7 Å².